The monoisotopic (exact) mass is 300 g/mol. The Morgan fingerprint density at radius 3 is 2.95 bits per heavy atom. The van der Waals surface area contributed by atoms with Crippen molar-refractivity contribution in [1.82, 2.24) is 9.88 Å². The highest BCUT2D eigenvalue weighted by Crippen LogP contribution is 2.30. The van der Waals surface area contributed by atoms with Crippen LogP contribution in [0.25, 0.3) is 16.3 Å². The second kappa shape index (κ2) is 6.39. The Morgan fingerprint density at radius 1 is 1.43 bits per heavy atom. The van der Waals surface area contributed by atoms with E-state index in [0.29, 0.717) is 0 Å². The smallest absolute Gasteiger partial charge is 0.246 e. The van der Waals surface area contributed by atoms with Crippen LogP contribution < -0.4 is 0 Å². The van der Waals surface area contributed by atoms with Gasteiger partial charge in [-0.1, -0.05) is 19.1 Å². The highest BCUT2D eigenvalue weighted by atomic mass is 32.1. The highest BCUT2D eigenvalue weighted by Gasteiger charge is 2.25. The Hall–Kier alpha value is -1.68. The second-order valence-corrected chi connectivity index (χ2v) is 6.64. The second-order valence-electron chi connectivity index (χ2n) is 5.58. The van der Waals surface area contributed by atoms with Gasteiger partial charge in [0.15, 0.2) is 0 Å². The molecule has 3 rings (SSSR count). The molecule has 1 aliphatic rings. The molecular formula is C17H20N2OS. The molecule has 0 bridgehead atoms. The van der Waals surface area contributed by atoms with E-state index in [-0.39, 0.29) is 5.91 Å². The van der Waals surface area contributed by atoms with Gasteiger partial charge in [0.25, 0.3) is 0 Å². The van der Waals surface area contributed by atoms with Crippen molar-refractivity contribution in [3.63, 3.8) is 0 Å². The zero-order valence-electron chi connectivity index (χ0n) is 12.3. The summed E-state index contributed by atoms with van der Waals surface area (Å²) < 4.78 is 1.16. The van der Waals surface area contributed by atoms with Gasteiger partial charge in [-0.05, 0) is 43.4 Å². The molecule has 3 nitrogen and oxygen atoms in total. The molecule has 0 saturated heterocycles. The third kappa shape index (κ3) is 3.70. The molecule has 21 heavy (non-hydrogen) atoms. The molecule has 0 unspecified atom stereocenters. The molecule has 2 aromatic rings. The van der Waals surface area contributed by atoms with Crippen LogP contribution in [0.5, 0.6) is 0 Å². The Kier molecular flexibility index (Phi) is 4.34. The van der Waals surface area contributed by atoms with E-state index in [0.717, 1.165) is 40.7 Å². The van der Waals surface area contributed by atoms with E-state index in [4.69, 9.17) is 0 Å². The fourth-order valence-corrected chi connectivity index (χ4v) is 3.25. The minimum atomic E-state index is 0.114. The first-order chi connectivity index (χ1) is 10.3. The lowest BCUT2D eigenvalue weighted by Gasteiger charge is -2.20. The minimum absolute atomic E-state index is 0.114. The number of para-hydroxylation sites is 1. The van der Waals surface area contributed by atoms with Gasteiger partial charge in [0.2, 0.25) is 5.91 Å². The van der Waals surface area contributed by atoms with Crippen LogP contribution >= 0.6 is 11.3 Å². The predicted molar refractivity (Wildman–Crippen MR) is 88.2 cm³/mol. The lowest BCUT2D eigenvalue weighted by molar-refractivity contribution is -0.126. The average molecular weight is 300 g/mol. The number of benzene rings is 1. The maximum Gasteiger partial charge on any atom is 0.246 e. The fourth-order valence-electron chi connectivity index (χ4n) is 2.38. The summed E-state index contributed by atoms with van der Waals surface area (Å²) in [5, 5.41) is 0.896. The predicted octanol–water partition coefficient (Wildman–Crippen LogP) is 3.96. The number of fused-ring (bicyclic) bond motifs is 1. The van der Waals surface area contributed by atoms with Crippen LogP contribution in [0.2, 0.25) is 0 Å². The van der Waals surface area contributed by atoms with Gasteiger partial charge in [-0.2, -0.15) is 0 Å². The molecule has 110 valence electrons. The first-order valence-corrected chi connectivity index (χ1v) is 8.40. The molecule has 1 aliphatic carbocycles. The number of rotatable bonds is 6. The van der Waals surface area contributed by atoms with Gasteiger partial charge in [0.05, 0.1) is 10.2 Å². The van der Waals surface area contributed by atoms with Crippen molar-refractivity contribution in [2.45, 2.75) is 26.2 Å². The number of thiazole rings is 1. The number of aromatic nitrogens is 1. The summed E-state index contributed by atoms with van der Waals surface area (Å²) in [6, 6.07) is 8.06. The number of carbonyl (C=O) groups excluding carboxylic acids is 1. The molecule has 1 amide bonds. The molecule has 0 atom stereocenters. The van der Waals surface area contributed by atoms with Crippen molar-refractivity contribution in [3.8, 4) is 0 Å². The zero-order valence-corrected chi connectivity index (χ0v) is 13.1. The van der Waals surface area contributed by atoms with E-state index >= 15 is 0 Å². The molecule has 1 fully saturated rings. The van der Waals surface area contributed by atoms with Gasteiger partial charge >= 0.3 is 0 Å². The third-order valence-electron chi connectivity index (χ3n) is 3.66. The van der Waals surface area contributed by atoms with Crippen LogP contribution in [0.4, 0.5) is 0 Å². The van der Waals surface area contributed by atoms with Crippen LogP contribution in [0.3, 0.4) is 0 Å². The van der Waals surface area contributed by atoms with Gasteiger partial charge < -0.3 is 4.90 Å². The lowest BCUT2D eigenvalue weighted by Crippen LogP contribution is -2.32. The number of carbonyl (C=O) groups is 1. The summed E-state index contributed by atoms with van der Waals surface area (Å²) in [4.78, 5) is 18.8. The normalized spacial score (nSPS) is 14.9. The SMILES string of the molecule is CCCN(CC1CC1)C(=O)C=Cc1nc2ccccc2s1. The lowest BCUT2D eigenvalue weighted by atomic mass is 10.3. The first-order valence-electron chi connectivity index (χ1n) is 7.59. The fraction of sp³-hybridized carbons (Fsp3) is 0.412. The molecule has 0 radical (unpaired) electrons. The molecule has 1 heterocycles. The standard InChI is InChI=1S/C17H20N2OS/c1-2-11-19(12-13-7-8-13)17(20)10-9-16-18-14-5-3-4-6-15(14)21-16/h3-6,9-10,13H,2,7-8,11-12H2,1H3. The zero-order chi connectivity index (χ0) is 14.7. The summed E-state index contributed by atoms with van der Waals surface area (Å²) in [5.41, 5.74) is 0.998. The summed E-state index contributed by atoms with van der Waals surface area (Å²) in [7, 11) is 0. The summed E-state index contributed by atoms with van der Waals surface area (Å²) in [6.07, 6.45) is 7.08. The van der Waals surface area contributed by atoms with Gasteiger partial charge in [-0.25, -0.2) is 4.98 Å². The number of nitrogens with zero attached hydrogens (tertiary/aromatic N) is 2. The van der Waals surface area contributed by atoms with Gasteiger partial charge in [0.1, 0.15) is 5.01 Å². The average Bonchev–Trinajstić information content (AvgIpc) is 3.21. The summed E-state index contributed by atoms with van der Waals surface area (Å²) in [6.45, 7) is 3.88. The van der Waals surface area contributed by atoms with Crippen molar-refractivity contribution in [2.75, 3.05) is 13.1 Å². The maximum absolute atomic E-state index is 12.3. The Morgan fingerprint density at radius 2 is 2.24 bits per heavy atom. The van der Waals surface area contributed by atoms with Crippen LogP contribution in [-0.2, 0) is 4.79 Å². The van der Waals surface area contributed by atoms with Crippen LogP contribution in [-0.4, -0.2) is 28.9 Å². The molecule has 0 spiro atoms. The van der Waals surface area contributed by atoms with Crippen LogP contribution in [0.1, 0.15) is 31.2 Å². The van der Waals surface area contributed by atoms with Crippen molar-refractivity contribution >= 4 is 33.5 Å². The molecule has 1 aromatic heterocycles. The number of hydrogen-bond donors (Lipinski definition) is 0. The number of hydrogen-bond acceptors (Lipinski definition) is 3. The molecule has 0 N–H and O–H groups in total. The molecule has 1 aromatic carbocycles. The van der Waals surface area contributed by atoms with Gasteiger partial charge in [-0.15, -0.1) is 11.3 Å². The largest absolute Gasteiger partial charge is 0.339 e. The van der Waals surface area contributed by atoms with Crippen LogP contribution in [0, 0.1) is 5.92 Å². The summed E-state index contributed by atoms with van der Waals surface area (Å²) >= 11 is 1.62. The highest BCUT2D eigenvalue weighted by molar-refractivity contribution is 7.19. The van der Waals surface area contributed by atoms with Crippen molar-refractivity contribution < 1.29 is 4.79 Å². The molecular weight excluding hydrogens is 280 g/mol. The first kappa shape index (κ1) is 14.3. The maximum atomic E-state index is 12.3. The Labute approximate surface area is 129 Å². The summed E-state index contributed by atoms with van der Waals surface area (Å²) in [5.74, 6) is 0.847. The Bertz CT molecular complexity index is 625. The minimum Gasteiger partial charge on any atom is -0.339 e. The van der Waals surface area contributed by atoms with E-state index in [2.05, 4.69) is 18.0 Å². The van der Waals surface area contributed by atoms with E-state index < -0.39 is 0 Å². The quantitative estimate of drug-likeness (QED) is 0.757. The van der Waals surface area contributed by atoms with Crippen LogP contribution in [0.15, 0.2) is 30.3 Å². The van der Waals surface area contributed by atoms with E-state index in [9.17, 15) is 4.79 Å². The van der Waals surface area contributed by atoms with Crippen molar-refractivity contribution in [3.05, 3.63) is 35.3 Å². The van der Waals surface area contributed by atoms with E-state index in [1.165, 1.54) is 12.8 Å². The third-order valence-corrected chi connectivity index (χ3v) is 4.66. The van der Waals surface area contributed by atoms with Gasteiger partial charge in [0, 0.05) is 19.2 Å². The Balaban J connectivity index is 1.69. The molecule has 0 aliphatic heterocycles. The molecule has 4 heteroatoms. The van der Waals surface area contributed by atoms with Crippen molar-refractivity contribution in [2.24, 2.45) is 5.92 Å². The van der Waals surface area contributed by atoms with Crippen molar-refractivity contribution in [1.29, 1.82) is 0 Å². The topological polar surface area (TPSA) is 33.2 Å². The van der Waals surface area contributed by atoms with Gasteiger partial charge in [-0.3, -0.25) is 4.79 Å². The number of amides is 1. The van der Waals surface area contributed by atoms with E-state index in [1.54, 1.807) is 17.4 Å². The molecule has 1 saturated carbocycles. The van der Waals surface area contributed by atoms with E-state index in [1.807, 2.05) is 29.2 Å².